The van der Waals surface area contributed by atoms with Crippen molar-refractivity contribution in [3.05, 3.63) is 65.7 Å². The first-order chi connectivity index (χ1) is 11.8. The SMILES string of the molecule is CN(C)CCC(OC(=O)c1ccccc1)c1ccc(S(C)(=O)=O)cc1.[Cl-]. The van der Waals surface area contributed by atoms with Gasteiger partial charge in [0.15, 0.2) is 9.84 Å². The molecule has 0 heterocycles. The average molecular weight is 397 g/mol. The van der Waals surface area contributed by atoms with E-state index < -0.39 is 21.9 Å². The molecule has 0 aromatic heterocycles. The normalized spacial score (nSPS) is 12.3. The first-order valence-corrected chi connectivity index (χ1v) is 9.87. The van der Waals surface area contributed by atoms with Gasteiger partial charge in [0.2, 0.25) is 0 Å². The predicted molar refractivity (Wildman–Crippen MR) is 97.3 cm³/mol. The van der Waals surface area contributed by atoms with Crippen LogP contribution < -0.4 is 12.4 Å². The molecule has 2 aromatic rings. The summed E-state index contributed by atoms with van der Waals surface area (Å²) >= 11 is 0. The Kier molecular flexibility index (Phi) is 8.27. The zero-order valence-electron chi connectivity index (χ0n) is 15.1. The van der Waals surface area contributed by atoms with E-state index in [0.717, 1.165) is 12.1 Å². The van der Waals surface area contributed by atoms with Gasteiger partial charge < -0.3 is 22.0 Å². The van der Waals surface area contributed by atoms with Crippen molar-refractivity contribution >= 4 is 15.8 Å². The van der Waals surface area contributed by atoms with Crippen LogP contribution in [-0.2, 0) is 14.6 Å². The lowest BCUT2D eigenvalue weighted by Gasteiger charge is -2.20. The summed E-state index contributed by atoms with van der Waals surface area (Å²) in [5.41, 5.74) is 1.27. The minimum absolute atomic E-state index is 0. The van der Waals surface area contributed by atoms with Crippen LogP contribution in [0.25, 0.3) is 0 Å². The Balaban J connectivity index is 0.00000338. The minimum atomic E-state index is -3.25. The van der Waals surface area contributed by atoms with Crippen molar-refractivity contribution in [3.63, 3.8) is 0 Å². The molecule has 2 aromatic carbocycles. The van der Waals surface area contributed by atoms with Crippen molar-refractivity contribution in [1.82, 2.24) is 4.90 Å². The van der Waals surface area contributed by atoms with Crippen LogP contribution in [0.2, 0.25) is 0 Å². The molecule has 5 nitrogen and oxygen atoms in total. The fourth-order valence-corrected chi connectivity index (χ4v) is 3.00. The number of hydrogen-bond acceptors (Lipinski definition) is 5. The first kappa shape index (κ1) is 22.2. The molecule has 2 rings (SSSR count). The smallest absolute Gasteiger partial charge is 0.338 e. The third-order valence-corrected chi connectivity index (χ3v) is 4.91. The molecule has 7 heteroatoms. The molecule has 0 aliphatic rings. The van der Waals surface area contributed by atoms with Gasteiger partial charge in [-0.3, -0.25) is 0 Å². The Hall–Kier alpha value is -1.89. The summed E-state index contributed by atoms with van der Waals surface area (Å²) in [7, 11) is 0.641. The van der Waals surface area contributed by atoms with Gasteiger partial charge in [-0.25, -0.2) is 13.2 Å². The topological polar surface area (TPSA) is 63.7 Å². The van der Waals surface area contributed by atoms with E-state index in [2.05, 4.69) is 0 Å². The zero-order valence-corrected chi connectivity index (χ0v) is 16.6. The number of carbonyl (C=O) groups excluding carboxylic acids is 1. The Bertz CT molecular complexity index is 805. The molecule has 0 aliphatic carbocycles. The number of benzene rings is 2. The highest BCUT2D eigenvalue weighted by Crippen LogP contribution is 2.24. The Morgan fingerprint density at radius 3 is 2.12 bits per heavy atom. The van der Waals surface area contributed by atoms with Crippen LogP contribution in [0.5, 0.6) is 0 Å². The van der Waals surface area contributed by atoms with Crippen LogP contribution in [0.3, 0.4) is 0 Å². The molecule has 26 heavy (non-hydrogen) atoms. The average Bonchev–Trinajstić information content (AvgIpc) is 2.58. The molecular weight excluding hydrogens is 374 g/mol. The lowest BCUT2D eigenvalue weighted by atomic mass is 10.1. The Morgan fingerprint density at radius 1 is 1.04 bits per heavy atom. The molecule has 0 radical (unpaired) electrons. The molecule has 1 unspecified atom stereocenters. The standard InChI is InChI=1S/C19H23NO4S.ClH/c1-20(2)14-13-18(24-19(21)16-7-5-4-6-8-16)15-9-11-17(12-10-15)25(3,22)23;/h4-12,18H,13-14H2,1-3H3;1H/p-1. The van der Waals surface area contributed by atoms with Crippen LogP contribution in [0.15, 0.2) is 59.5 Å². The molecule has 0 aliphatic heterocycles. The molecule has 142 valence electrons. The Labute approximate surface area is 161 Å². The number of hydrogen-bond donors (Lipinski definition) is 0. The van der Waals surface area contributed by atoms with E-state index in [1.807, 2.05) is 25.1 Å². The molecule has 0 amide bonds. The molecule has 1 atom stereocenters. The number of nitrogens with zero attached hydrogens (tertiary/aromatic N) is 1. The summed E-state index contributed by atoms with van der Waals surface area (Å²) in [6.07, 6.45) is 1.34. The highest BCUT2D eigenvalue weighted by atomic mass is 35.5. The van der Waals surface area contributed by atoms with Crippen LogP contribution >= 0.6 is 0 Å². The van der Waals surface area contributed by atoms with E-state index in [1.54, 1.807) is 48.5 Å². The fourth-order valence-electron chi connectivity index (χ4n) is 2.37. The van der Waals surface area contributed by atoms with Gasteiger partial charge in [-0.15, -0.1) is 0 Å². The van der Waals surface area contributed by atoms with Gasteiger partial charge in [0, 0.05) is 19.2 Å². The largest absolute Gasteiger partial charge is 1.00 e. The van der Waals surface area contributed by atoms with E-state index >= 15 is 0 Å². The second kappa shape index (κ2) is 9.71. The van der Waals surface area contributed by atoms with Crippen LogP contribution in [0.1, 0.15) is 28.4 Å². The van der Waals surface area contributed by atoms with Crippen LogP contribution in [-0.4, -0.2) is 46.2 Å². The van der Waals surface area contributed by atoms with E-state index in [4.69, 9.17) is 4.74 Å². The van der Waals surface area contributed by atoms with Crippen molar-refractivity contribution in [2.75, 3.05) is 26.9 Å². The van der Waals surface area contributed by atoms with E-state index in [9.17, 15) is 13.2 Å². The van der Waals surface area contributed by atoms with Crippen molar-refractivity contribution in [1.29, 1.82) is 0 Å². The third kappa shape index (κ3) is 6.44. The number of sulfone groups is 1. The molecule has 0 saturated carbocycles. The van der Waals surface area contributed by atoms with Gasteiger partial charge in [-0.1, -0.05) is 30.3 Å². The Morgan fingerprint density at radius 2 is 1.62 bits per heavy atom. The van der Waals surface area contributed by atoms with Gasteiger partial charge in [0.1, 0.15) is 6.10 Å². The van der Waals surface area contributed by atoms with Crippen LogP contribution in [0, 0.1) is 0 Å². The van der Waals surface area contributed by atoms with Gasteiger partial charge in [0.25, 0.3) is 0 Å². The van der Waals surface area contributed by atoms with Crippen LogP contribution in [0.4, 0.5) is 0 Å². The second-order valence-corrected chi connectivity index (χ2v) is 8.21. The highest BCUT2D eigenvalue weighted by molar-refractivity contribution is 7.90. The maximum Gasteiger partial charge on any atom is 0.338 e. The number of esters is 1. The molecule has 0 N–H and O–H groups in total. The number of carbonyl (C=O) groups is 1. The van der Waals surface area contributed by atoms with E-state index in [1.165, 1.54) is 6.26 Å². The maximum atomic E-state index is 12.4. The van der Waals surface area contributed by atoms with Crippen molar-refractivity contribution in [3.8, 4) is 0 Å². The summed E-state index contributed by atoms with van der Waals surface area (Å²) in [4.78, 5) is 14.6. The highest BCUT2D eigenvalue weighted by Gasteiger charge is 2.19. The molecule has 0 spiro atoms. The molecule has 0 bridgehead atoms. The summed E-state index contributed by atoms with van der Waals surface area (Å²) in [5.74, 6) is -0.392. The fraction of sp³-hybridized carbons (Fsp3) is 0.316. The summed E-state index contributed by atoms with van der Waals surface area (Å²) in [6.45, 7) is 0.737. The number of ether oxygens (including phenoxy) is 1. The monoisotopic (exact) mass is 396 g/mol. The first-order valence-electron chi connectivity index (χ1n) is 7.98. The lowest BCUT2D eigenvalue weighted by Crippen LogP contribution is -3.00. The number of halogens is 1. The van der Waals surface area contributed by atoms with Gasteiger partial charge in [0.05, 0.1) is 10.5 Å². The second-order valence-electron chi connectivity index (χ2n) is 6.19. The van der Waals surface area contributed by atoms with E-state index in [0.29, 0.717) is 12.0 Å². The third-order valence-electron chi connectivity index (χ3n) is 3.78. The molecule has 0 saturated heterocycles. The van der Waals surface area contributed by atoms with Gasteiger partial charge in [-0.05, 0) is 43.9 Å². The molecular formula is C19H23ClNO4S-. The summed E-state index contributed by atoms with van der Waals surface area (Å²) in [6, 6.07) is 15.3. The summed E-state index contributed by atoms with van der Waals surface area (Å²) in [5, 5.41) is 0. The maximum absolute atomic E-state index is 12.4. The van der Waals surface area contributed by atoms with Gasteiger partial charge in [-0.2, -0.15) is 0 Å². The van der Waals surface area contributed by atoms with E-state index in [-0.39, 0.29) is 17.3 Å². The number of rotatable bonds is 7. The van der Waals surface area contributed by atoms with Crippen molar-refractivity contribution in [2.45, 2.75) is 17.4 Å². The van der Waals surface area contributed by atoms with Gasteiger partial charge >= 0.3 is 5.97 Å². The summed E-state index contributed by atoms with van der Waals surface area (Å²) < 4.78 is 28.9. The molecule has 0 fully saturated rings. The minimum Gasteiger partial charge on any atom is -1.00 e. The predicted octanol–water partition coefficient (Wildman–Crippen LogP) is -0.0561. The lowest BCUT2D eigenvalue weighted by molar-refractivity contribution is -0.0000407. The quantitative estimate of drug-likeness (QED) is 0.614. The van der Waals surface area contributed by atoms with Crippen molar-refractivity contribution in [2.24, 2.45) is 0 Å². The zero-order chi connectivity index (χ0) is 18.4. The van der Waals surface area contributed by atoms with Crippen molar-refractivity contribution < 1.29 is 30.4 Å².